The van der Waals surface area contributed by atoms with E-state index in [9.17, 15) is 0 Å². The highest BCUT2D eigenvalue weighted by Crippen LogP contribution is 2.30. The molecule has 1 aliphatic carbocycles. The van der Waals surface area contributed by atoms with Gasteiger partial charge in [-0.25, -0.2) is 4.98 Å². The van der Waals surface area contributed by atoms with Gasteiger partial charge in [0, 0.05) is 11.9 Å². The molecule has 1 aromatic rings. The second-order valence-corrected chi connectivity index (χ2v) is 5.55. The van der Waals surface area contributed by atoms with Gasteiger partial charge in [-0.3, -0.25) is 0 Å². The van der Waals surface area contributed by atoms with Crippen LogP contribution in [0, 0.1) is 5.92 Å². The highest BCUT2D eigenvalue weighted by atomic mass is 79.9. The van der Waals surface area contributed by atoms with Crippen LogP contribution in [0.1, 0.15) is 19.3 Å². The summed E-state index contributed by atoms with van der Waals surface area (Å²) in [6.07, 6.45) is 5.18. The van der Waals surface area contributed by atoms with Crippen molar-refractivity contribution in [3.8, 4) is 5.88 Å². The fourth-order valence-corrected chi connectivity index (χ4v) is 2.75. The van der Waals surface area contributed by atoms with Crippen molar-refractivity contribution in [1.29, 1.82) is 0 Å². The van der Waals surface area contributed by atoms with Crippen molar-refractivity contribution in [3.63, 3.8) is 0 Å². The summed E-state index contributed by atoms with van der Waals surface area (Å²) in [7, 11) is 1.59. The minimum Gasteiger partial charge on any atom is -0.480 e. The minimum absolute atomic E-state index is 0.278. The number of halogens is 2. The first-order valence-corrected chi connectivity index (χ1v) is 6.88. The highest BCUT2D eigenvalue weighted by molar-refractivity contribution is 9.10. The number of ether oxygens (including phenoxy) is 1. The Morgan fingerprint density at radius 2 is 2.41 bits per heavy atom. The lowest BCUT2D eigenvalue weighted by atomic mass is 10.1. The molecule has 6 heteroatoms. The Morgan fingerprint density at radius 3 is 3.06 bits per heavy atom. The molecule has 2 unspecified atom stereocenters. The smallest absolute Gasteiger partial charge is 0.232 e. The Balaban J connectivity index is 1.94. The number of nitrogens with one attached hydrogen (secondary N) is 1. The van der Waals surface area contributed by atoms with Gasteiger partial charge in [0.2, 0.25) is 11.8 Å². The molecule has 1 saturated carbocycles. The molecule has 0 spiro atoms. The van der Waals surface area contributed by atoms with Crippen LogP contribution in [0.2, 0.25) is 0 Å². The predicted molar refractivity (Wildman–Crippen MR) is 71.8 cm³/mol. The lowest BCUT2D eigenvalue weighted by Crippen LogP contribution is -2.19. The molecule has 2 rings (SSSR count). The molecule has 0 aromatic carbocycles. The second kappa shape index (κ2) is 5.87. The van der Waals surface area contributed by atoms with Crippen LogP contribution >= 0.6 is 27.5 Å². The fourth-order valence-electron chi connectivity index (χ4n) is 2.02. The van der Waals surface area contributed by atoms with E-state index in [1.807, 2.05) is 0 Å². The Labute approximate surface area is 114 Å². The highest BCUT2D eigenvalue weighted by Gasteiger charge is 2.25. The van der Waals surface area contributed by atoms with Gasteiger partial charge in [-0.15, -0.1) is 11.6 Å². The quantitative estimate of drug-likeness (QED) is 0.866. The Bertz CT molecular complexity index is 391. The molecule has 1 aliphatic rings. The fraction of sp³-hybridized carbons (Fsp3) is 0.636. The summed E-state index contributed by atoms with van der Waals surface area (Å²) in [6.45, 7) is 0.818. The number of alkyl halides is 1. The minimum atomic E-state index is 0.278. The summed E-state index contributed by atoms with van der Waals surface area (Å²) in [5, 5.41) is 3.49. The molecule has 1 aromatic heterocycles. The number of anilines is 1. The van der Waals surface area contributed by atoms with Crippen molar-refractivity contribution in [2.75, 3.05) is 19.0 Å². The SMILES string of the molecule is COc1nc(NCC2CCCC2Cl)ncc1Br. The zero-order valence-electron chi connectivity index (χ0n) is 9.62. The van der Waals surface area contributed by atoms with Crippen LogP contribution in [-0.2, 0) is 0 Å². The molecule has 1 heterocycles. The third kappa shape index (κ3) is 3.22. The molecule has 0 radical (unpaired) electrons. The Hall–Kier alpha value is -0.550. The second-order valence-electron chi connectivity index (χ2n) is 4.14. The standard InChI is InChI=1S/C11H15BrClN3O/c1-17-10-8(12)6-15-11(16-10)14-5-7-3-2-4-9(7)13/h6-7,9H,2-5H2,1H3,(H,14,15,16). The summed E-state index contributed by atoms with van der Waals surface area (Å²) in [5.41, 5.74) is 0. The average Bonchev–Trinajstić information content (AvgIpc) is 2.74. The van der Waals surface area contributed by atoms with Gasteiger partial charge in [0.05, 0.1) is 17.8 Å². The van der Waals surface area contributed by atoms with E-state index in [1.165, 1.54) is 12.8 Å². The van der Waals surface area contributed by atoms with E-state index in [-0.39, 0.29) is 5.38 Å². The third-order valence-electron chi connectivity index (χ3n) is 2.99. The van der Waals surface area contributed by atoms with E-state index in [4.69, 9.17) is 16.3 Å². The van der Waals surface area contributed by atoms with E-state index in [0.29, 0.717) is 17.7 Å². The van der Waals surface area contributed by atoms with Crippen LogP contribution in [-0.4, -0.2) is 29.0 Å². The van der Waals surface area contributed by atoms with Crippen LogP contribution in [0.5, 0.6) is 5.88 Å². The van der Waals surface area contributed by atoms with Crippen LogP contribution < -0.4 is 10.1 Å². The van der Waals surface area contributed by atoms with Gasteiger partial charge in [0.25, 0.3) is 0 Å². The van der Waals surface area contributed by atoms with Crippen LogP contribution in [0.3, 0.4) is 0 Å². The van der Waals surface area contributed by atoms with Crippen molar-refractivity contribution in [2.24, 2.45) is 5.92 Å². The number of aromatic nitrogens is 2. The molecule has 0 aliphatic heterocycles. The van der Waals surface area contributed by atoms with Crippen molar-refractivity contribution >= 4 is 33.5 Å². The summed E-state index contributed by atoms with van der Waals surface area (Å²) < 4.78 is 5.87. The zero-order chi connectivity index (χ0) is 12.3. The third-order valence-corrected chi connectivity index (χ3v) is 4.11. The predicted octanol–water partition coefficient (Wildman–Crippen LogP) is 3.07. The molecule has 94 valence electrons. The molecule has 0 bridgehead atoms. The number of methoxy groups -OCH3 is 1. The summed E-state index contributed by atoms with van der Waals surface area (Å²) in [5.74, 6) is 1.63. The Morgan fingerprint density at radius 1 is 1.59 bits per heavy atom. The number of hydrogen-bond acceptors (Lipinski definition) is 4. The van der Waals surface area contributed by atoms with E-state index in [0.717, 1.165) is 17.4 Å². The molecule has 2 atom stereocenters. The Kier molecular flexibility index (Phi) is 4.45. The molecular weight excluding hydrogens is 305 g/mol. The molecule has 17 heavy (non-hydrogen) atoms. The molecular formula is C11H15BrClN3O. The lowest BCUT2D eigenvalue weighted by Gasteiger charge is -2.14. The van der Waals surface area contributed by atoms with Crippen molar-refractivity contribution < 1.29 is 4.74 Å². The first-order chi connectivity index (χ1) is 8.20. The van der Waals surface area contributed by atoms with E-state index >= 15 is 0 Å². The monoisotopic (exact) mass is 319 g/mol. The number of nitrogens with zero attached hydrogens (tertiary/aromatic N) is 2. The summed E-state index contributed by atoms with van der Waals surface area (Å²) in [6, 6.07) is 0. The van der Waals surface area contributed by atoms with Crippen molar-refractivity contribution in [2.45, 2.75) is 24.6 Å². The van der Waals surface area contributed by atoms with Crippen LogP contribution in [0.25, 0.3) is 0 Å². The molecule has 4 nitrogen and oxygen atoms in total. The van der Waals surface area contributed by atoms with Crippen molar-refractivity contribution in [1.82, 2.24) is 9.97 Å². The van der Waals surface area contributed by atoms with E-state index < -0.39 is 0 Å². The summed E-state index contributed by atoms with van der Waals surface area (Å²) >= 11 is 9.53. The molecule has 0 saturated heterocycles. The van der Waals surface area contributed by atoms with Crippen LogP contribution in [0.4, 0.5) is 5.95 Å². The van der Waals surface area contributed by atoms with Gasteiger partial charge in [-0.1, -0.05) is 6.42 Å². The molecule has 1 N–H and O–H groups in total. The maximum absolute atomic E-state index is 6.22. The number of hydrogen-bond donors (Lipinski definition) is 1. The maximum atomic E-state index is 6.22. The van der Waals surface area contributed by atoms with Crippen LogP contribution in [0.15, 0.2) is 10.7 Å². The van der Waals surface area contributed by atoms with E-state index in [2.05, 4.69) is 31.2 Å². The lowest BCUT2D eigenvalue weighted by molar-refractivity contribution is 0.394. The summed E-state index contributed by atoms with van der Waals surface area (Å²) in [4.78, 5) is 8.42. The van der Waals surface area contributed by atoms with Gasteiger partial charge in [0.15, 0.2) is 0 Å². The zero-order valence-corrected chi connectivity index (χ0v) is 12.0. The maximum Gasteiger partial charge on any atom is 0.232 e. The topological polar surface area (TPSA) is 47.0 Å². The number of rotatable bonds is 4. The van der Waals surface area contributed by atoms with E-state index in [1.54, 1.807) is 13.3 Å². The molecule has 1 fully saturated rings. The first-order valence-electron chi connectivity index (χ1n) is 5.65. The average molecular weight is 321 g/mol. The largest absolute Gasteiger partial charge is 0.480 e. The van der Waals surface area contributed by atoms with Gasteiger partial charge >= 0.3 is 0 Å². The molecule has 0 amide bonds. The van der Waals surface area contributed by atoms with Crippen molar-refractivity contribution in [3.05, 3.63) is 10.7 Å². The van der Waals surface area contributed by atoms with Gasteiger partial charge in [-0.05, 0) is 34.7 Å². The van der Waals surface area contributed by atoms with Gasteiger partial charge in [0.1, 0.15) is 0 Å². The van der Waals surface area contributed by atoms with Gasteiger partial charge in [-0.2, -0.15) is 4.98 Å². The normalized spacial score (nSPS) is 23.7. The first kappa shape index (κ1) is 12.9. The van der Waals surface area contributed by atoms with Gasteiger partial charge < -0.3 is 10.1 Å².